The van der Waals surface area contributed by atoms with E-state index in [2.05, 4.69) is 78.4 Å². The van der Waals surface area contributed by atoms with E-state index in [4.69, 9.17) is 90.5 Å². The zero-order valence-electron chi connectivity index (χ0n) is 77.8. The number of likely N-dealkylation sites (tertiary alicyclic amines) is 1. The second kappa shape index (κ2) is 70.3. The second-order valence-corrected chi connectivity index (χ2v) is 37.7. The van der Waals surface area contributed by atoms with Crippen LogP contribution in [0.5, 0.6) is 0 Å². The van der Waals surface area contributed by atoms with Crippen molar-refractivity contribution in [2.45, 2.75) is 184 Å². The molecular formula is C82H128Cl2N11Na2O36P3S. The molecule has 1 aromatic carbocycles. The van der Waals surface area contributed by atoms with Crippen molar-refractivity contribution in [2.75, 3.05) is 196 Å². The van der Waals surface area contributed by atoms with E-state index in [1.165, 1.54) is 36.5 Å². The molecule has 2 saturated heterocycles. The van der Waals surface area contributed by atoms with Crippen molar-refractivity contribution < 1.29 is 230 Å². The van der Waals surface area contributed by atoms with Crippen molar-refractivity contribution in [2.24, 2.45) is 5.41 Å². The van der Waals surface area contributed by atoms with Gasteiger partial charge in [-0.2, -0.15) is 0 Å². The van der Waals surface area contributed by atoms with E-state index in [1.54, 1.807) is 0 Å². The number of rotatable bonds is 81. The van der Waals surface area contributed by atoms with Crippen LogP contribution in [-0.2, 0) is 148 Å². The molecule has 47 nitrogen and oxygen atoms in total. The third-order valence-corrected chi connectivity index (χ3v) is 25.2. The molecule has 5 heterocycles. The third kappa shape index (κ3) is 51.2. The van der Waals surface area contributed by atoms with Gasteiger partial charge < -0.3 is 127 Å². The third-order valence-electron chi connectivity index (χ3n) is 20.5. The van der Waals surface area contributed by atoms with Crippen LogP contribution in [0.1, 0.15) is 153 Å². The number of alkyl halides is 2. The summed E-state index contributed by atoms with van der Waals surface area (Å²) in [6.45, 7) is 4.19. The molecule has 2 fully saturated rings. The van der Waals surface area contributed by atoms with Crippen LogP contribution in [0.3, 0.4) is 0 Å². The van der Waals surface area contributed by atoms with Crippen LogP contribution in [0.25, 0.3) is 11.2 Å². The number of Topliss-reactive ketones (excluding diaryl/α,β-unsaturated/α-hetero) is 2. The zero-order valence-corrected chi connectivity index (χ0v) is 86.8. The summed E-state index contributed by atoms with van der Waals surface area (Å²) < 4.78 is 127. The van der Waals surface area contributed by atoms with E-state index in [9.17, 15) is 91.4 Å². The molecule has 764 valence electrons. The summed E-state index contributed by atoms with van der Waals surface area (Å²) in [5.74, 6) is -2.02. The van der Waals surface area contributed by atoms with Crippen molar-refractivity contribution in [3.8, 4) is 0 Å². The largest absolute Gasteiger partial charge is 1.00 e. The number of ether oxygens (including phenoxy) is 13. The van der Waals surface area contributed by atoms with E-state index in [0.29, 0.717) is 88.6 Å². The van der Waals surface area contributed by atoms with Crippen LogP contribution in [0.2, 0.25) is 0 Å². The number of anilines is 1. The maximum absolute atomic E-state index is 13.4. The standard InChI is InChI=1S/C82H130Cl2N11O36P3S.2Na/c1-82(2,51-128-134(113,114)131-133(111,112)127-50-65-75(130-132(108,109)110)74(104)81(129-65)95-53-91-73-77(85)89-52-90-78(73)95)76(105)79(106)88-30-25-68(99)87-31-48-135-66-49-72(103)94(80(66)107)33-9-12-62(96)26-35-116-37-39-118-55-120-41-43-122-57-124-45-47-126-58-125-46-44-123-56-121-42-40-119-54-117-38-36-115-34-10-14-64(97)63(92-69(100)15-4-3-7-32-93-70(101)21-22-71(93)102)13-5-6-29-86-67(98)16-8-11-59-17-19-60(20-18-59)61(23-27-83)24-28-84;;/h17-22,52-53,61,63,65-66,74-76,81,104-105H,3-16,23-51,54-58H2,1-2H3,(H,86,98)(H,87,99)(H,88,106)(H,92,100)(H,111,112)(H,113,114)(H2,85,89,90)(H2,108,109,110);;/q;2*+1/p-2/t63?,65-,66?,74+,75?,76+,81-;;/m1../s1. The zero-order chi connectivity index (χ0) is 98.3. The Kier molecular flexibility index (Phi) is 64.0. The number of hydrogen-bond acceptors (Lipinski definition) is 39. The van der Waals surface area contributed by atoms with Crippen molar-refractivity contribution in [1.82, 2.24) is 50.6 Å². The average molecular weight is 2090 g/mol. The topological polar surface area (TPSA) is 630 Å². The maximum atomic E-state index is 13.4. The number of aryl methyl sites for hydroxylation is 1. The number of aliphatic hydroxyl groups excluding tert-OH is 2. The average Bonchev–Trinajstić information content (AvgIpc) is 1.61. The number of amides is 8. The number of phosphoric acid groups is 3. The molecular weight excluding hydrogens is 1960 g/mol. The Morgan fingerprint density at radius 3 is 1.74 bits per heavy atom. The van der Waals surface area contributed by atoms with Gasteiger partial charge in [0.15, 0.2) is 23.5 Å². The number of halogens is 2. The number of benzene rings is 1. The number of nitrogens with zero attached hydrogens (tertiary/aromatic N) is 6. The molecule has 3 aliphatic heterocycles. The number of carbonyl (C=O) groups excluding carboxylic acids is 10. The Morgan fingerprint density at radius 2 is 1.15 bits per heavy atom. The number of ketones is 2. The van der Waals surface area contributed by atoms with Crippen molar-refractivity contribution >= 4 is 134 Å². The number of carbonyl (C=O) groups is 10. The molecule has 0 aliphatic carbocycles. The van der Waals surface area contributed by atoms with Crippen LogP contribution in [0, 0.1) is 5.41 Å². The monoisotopic (exact) mass is 2080 g/mol. The Hall–Kier alpha value is -4.49. The first-order valence-corrected chi connectivity index (χ1v) is 50.9. The number of nitrogens with two attached hydrogens (primary N) is 1. The summed E-state index contributed by atoms with van der Waals surface area (Å²) in [5, 5.41) is 31.8. The molecule has 3 aliphatic rings. The number of aromatic nitrogens is 4. The normalized spacial score (nSPS) is 17.6. The molecule has 55 heteroatoms. The van der Waals surface area contributed by atoms with E-state index < -0.39 is 108 Å². The van der Waals surface area contributed by atoms with Gasteiger partial charge in [-0.3, -0.25) is 76.0 Å². The van der Waals surface area contributed by atoms with Gasteiger partial charge in [-0.25, -0.2) is 23.8 Å². The van der Waals surface area contributed by atoms with Crippen LogP contribution < -0.4 is 95.9 Å². The van der Waals surface area contributed by atoms with Crippen LogP contribution in [-0.4, -0.2) is 334 Å². The summed E-state index contributed by atoms with van der Waals surface area (Å²) in [6.07, 6.45) is 3.11. The molecule has 6 rings (SSSR count). The van der Waals surface area contributed by atoms with Gasteiger partial charge in [0.1, 0.15) is 76.0 Å². The first kappa shape index (κ1) is 125. The van der Waals surface area contributed by atoms with Crippen molar-refractivity contribution in [3.63, 3.8) is 0 Å². The first-order valence-electron chi connectivity index (χ1n) is 44.3. The Labute approximate surface area is 853 Å². The number of unbranched alkanes of at least 4 members (excludes halogenated alkanes) is 3. The number of imide groups is 2. The predicted molar refractivity (Wildman–Crippen MR) is 477 cm³/mol. The number of nitrogen functional groups attached to an aromatic ring is 1. The number of nitrogens with one attached hydrogen (secondary N) is 4. The first-order chi connectivity index (χ1) is 64.7. The number of hydrogen-bond donors (Lipinski definition) is 9. The smallest absolute Gasteiger partial charge is 0.756 e. The van der Waals surface area contributed by atoms with Crippen molar-refractivity contribution in [1.29, 1.82) is 0 Å². The molecule has 0 spiro atoms. The molecule has 0 saturated carbocycles. The van der Waals surface area contributed by atoms with Gasteiger partial charge in [0.2, 0.25) is 35.4 Å². The molecule has 137 heavy (non-hydrogen) atoms. The van der Waals surface area contributed by atoms with Gasteiger partial charge in [0.05, 0.1) is 117 Å². The minimum atomic E-state index is -5.96. The quantitative estimate of drug-likeness (QED) is 0.00668. The molecule has 8 amide bonds. The van der Waals surface area contributed by atoms with Crippen LogP contribution in [0.4, 0.5) is 5.82 Å². The van der Waals surface area contributed by atoms with Gasteiger partial charge >= 0.3 is 66.9 Å². The molecule has 3 aromatic rings. The van der Waals surface area contributed by atoms with E-state index >= 15 is 0 Å². The summed E-state index contributed by atoms with van der Waals surface area (Å²) in [6, 6.07) is 7.73. The number of fused-ring (bicyclic) bond motifs is 1. The predicted octanol–water partition coefficient (Wildman–Crippen LogP) is -3.29. The summed E-state index contributed by atoms with van der Waals surface area (Å²) in [5.41, 5.74) is 6.44. The summed E-state index contributed by atoms with van der Waals surface area (Å²) in [7, 11) is -17.3. The minimum Gasteiger partial charge on any atom is -0.756 e. The van der Waals surface area contributed by atoms with Crippen LogP contribution in [0.15, 0.2) is 49.1 Å². The number of phosphoric ester groups is 3. The summed E-state index contributed by atoms with van der Waals surface area (Å²) in [4.78, 5) is 185. The molecule has 2 aromatic heterocycles. The van der Waals surface area contributed by atoms with Gasteiger partial charge in [-0.1, -0.05) is 44.5 Å². The van der Waals surface area contributed by atoms with Gasteiger partial charge in [0.25, 0.3) is 27.5 Å². The number of aliphatic hydroxyl groups is 2. The number of thioether (sulfide) groups is 1. The molecule has 5 unspecified atom stereocenters. The van der Waals surface area contributed by atoms with E-state index in [1.807, 2.05) is 0 Å². The fourth-order valence-electron chi connectivity index (χ4n) is 13.3. The Balaban J connectivity index is 0.0000196. The molecule has 10 N–H and O–H groups in total. The Bertz CT molecular complexity index is 4260. The maximum Gasteiger partial charge on any atom is 1.00 e. The van der Waals surface area contributed by atoms with Gasteiger partial charge in [-0.05, 0) is 87.7 Å². The number of imidazole rings is 1. The summed E-state index contributed by atoms with van der Waals surface area (Å²) >= 11 is 13.1. The molecule has 0 radical (unpaired) electrons. The van der Waals surface area contributed by atoms with E-state index in [0.717, 1.165) is 58.7 Å². The van der Waals surface area contributed by atoms with Crippen molar-refractivity contribution in [3.05, 3.63) is 60.2 Å². The minimum absolute atomic E-state index is 0. The molecule has 0 bridgehead atoms. The fourth-order valence-corrected chi connectivity index (χ4v) is 17.6. The fraction of sp³-hybridized carbons (Fsp3) is 0.720. The molecule has 9 atom stereocenters. The van der Waals surface area contributed by atoms with Gasteiger partial charge in [-0.15, -0.1) is 35.0 Å². The second-order valence-electron chi connectivity index (χ2n) is 31.5. The van der Waals surface area contributed by atoms with Gasteiger partial charge in [0, 0.05) is 119 Å². The van der Waals surface area contributed by atoms with E-state index in [-0.39, 0.29) is 308 Å². The Morgan fingerprint density at radius 1 is 0.606 bits per heavy atom. The van der Waals surface area contributed by atoms with Crippen LogP contribution >= 0.6 is 58.4 Å². The SMILES string of the molecule is CC(C)(COP(=O)([O-])OP(=O)([O-])OC[C@H]1O[C@@H](n2cnc3c(N)ncnc32)[C@@H](O)C1OP(=O)(O)O)[C@@H](O)C(=O)NCCC(=O)NCCSC1CC(=O)N(CCCC(=O)CCOCCOCOCCOCOCCOCOCCOCOCCOCOCCOCCCC(=O)C(CCCCNC(=O)CCCc2ccc(C(CCCl)CCCl)cc2)NC(=O)CCCCCN2C(=O)C=CC2=O)C1=O.[Na+].[Na+].